The Morgan fingerprint density at radius 3 is 2.40 bits per heavy atom. The first kappa shape index (κ1) is 21.1. The molecule has 1 heterocycles. The predicted octanol–water partition coefficient (Wildman–Crippen LogP) is 4.75. The van der Waals surface area contributed by atoms with E-state index in [2.05, 4.69) is 15.6 Å². The third kappa shape index (κ3) is 5.95. The molecule has 1 aromatic heterocycles. The molecule has 0 spiro atoms. The van der Waals surface area contributed by atoms with Crippen molar-refractivity contribution in [2.45, 2.75) is 12.3 Å². The molecule has 3 rings (SSSR count). The van der Waals surface area contributed by atoms with Crippen molar-refractivity contribution < 1.29 is 27.8 Å². The van der Waals surface area contributed by atoms with E-state index in [4.69, 9.17) is 4.74 Å². The van der Waals surface area contributed by atoms with Crippen LogP contribution in [-0.2, 0) is 6.18 Å². The quantitative estimate of drug-likeness (QED) is 0.541. The Balaban J connectivity index is 1.52. The van der Waals surface area contributed by atoms with Crippen molar-refractivity contribution in [2.75, 3.05) is 11.9 Å². The second-order valence-corrected chi connectivity index (χ2v) is 6.28. The lowest BCUT2D eigenvalue weighted by Gasteiger charge is -2.14. The number of rotatable bonds is 6. The standard InChI is InChI=1S/C21H18F3N3O3/c22-21(23,24)15-6-4-14(5-7-15)19(28)13-26-20(29)27-16-2-1-3-18(12-16)30-17-8-10-25-11-9-17/h1-12,19,28H,13H2,(H2,26,27,29). The minimum Gasteiger partial charge on any atom is -0.457 e. The van der Waals surface area contributed by atoms with Crippen LogP contribution >= 0.6 is 0 Å². The summed E-state index contributed by atoms with van der Waals surface area (Å²) in [7, 11) is 0. The van der Waals surface area contributed by atoms with E-state index in [1.165, 1.54) is 12.1 Å². The minimum atomic E-state index is -4.45. The zero-order chi connectivity index (χ0) is 21.6. The Kier molecular flexibility index (Phi) is 6.53. The second-order valence-electron chi connectivity index (χ2n) is 6.28. The highest BCUT2D eigenvalue weighted by Crippen LogP contribution is 2.30. The van der Waals surface area contributed by atoms with Crippen LogP contribution in [-0.4, -0.2) is 22.7 Å². The van der Waals surface area contributed by atoms with Gasteiger partial charge in [0.1, 0.15) is 11.5 Å². The first-order chi connectivity index (χ1) is 14.3. The third-order valence-electron chi connectivity index (χ3n) is 4.06. The number of halogens is 3. The number of alkyl halides is 3. The van der Waals surface area contributed by atoms with Gasteiger partial charge in [-0.15, -0.1) is 0 Å². The van der Waals surface area contributed by atoms with Gasteiger partial charge in [0.2, 0.25) is 0 Å². The van der Waals surface area contributed by atoms with Crippen molar-refractivity contribution in [3.8, 4) is 11.5 Å². The number of amides is 2. The van der Waals surface area contributed by atoms with Crippen LogP contribution in [0.5, 0.6) is 11.5 Å². The number of benzene rings is 2. The van der Waals surface area contributed by atoms with Gasteiger partial charge in [-0.1, -0.05) is 18.2 Å². The Hall–Kier alpha value is -3.59. The molecule has 0 saturated carbocycles. The topological polar surface area (TPSA) is 83.5 Å². The summed E-state index contributed by atoms with van der Waals surface area (Å²) in [5, 5.41) is 15.2. The van der Waals surface area contributed by atoms with Gasteiger partial charge in [-0.25, -0.2) is 4.79 Å². The molecule has 0 radical (unpaired) electrons. The van der Waals surface area contributed by atoms with Crippen molar-refractivity contribution in [2.24, 2.45) is 0 Å². The number of urea groups is 1. The van der Waals surface area contributed by atoms with Crippen LogP contribution in [0, 0.1) is 0 Å². The molecule has 30 heavy (non-hydrogen) atoms. The van der Waals surface area contributed by atoms with Gasteiger partial charge >= 0.3 is 12.2 Å². The first-order valence-corrected chi connectivity index (χ1v) is 8.89. The summed E-state index contributed by atoms with van der Waals surface area (Å²) in [6.07, 6.45) is -2.42. The maximum absolute atomic E-state index is 12.6. The van der Waals surface area contributed by atoms with Crippen LogP contribution in [0.25, 0.3) is 0 Å². The maximum atomic E-state index is 12.6. The van der Waals surface area contributed by atoms with Crippen molar-refractivity contribution >= 4 is 11.7 Å². The average Bonchev–Trinajstić information content (AvgIpc) is 2.72. The number of carbonyl (C=O) groups is 1. The highest BCUT2D eigenvalue weighted by molar-refractivity contribution is 5.89. The van der Waals surface area contributed by atoms with E-state index >= 15 is 0 Å². The summed E-state index contributed by atoms with van der Waals surface area (Å²) < 4.78 is 43.4. The van der Waals surface area contributed by atoms with Gasteiger partial charge in [0.25, 0.3) is 0 Å². The third-order valence-corrected chi connectivity index (χ3v) is 4.06. The van der Waals surface area contributed by atoms with Gasteiger partial charge in [-0.2, -0.15) is 13.2 Å². The van der Waals surface area contributed by atoms with E-state index in [0.29, 0.717) is 17.2 Å². The molecule has 9 heteroatoms. The van der Waals surface area contributed by atoms with Crippen LogP contribution in [0.15, 0.2) is 73.1 Å². The van der Waals surface area contributed by atoms with E-state index < -0.39 is 23.9 Å². The number of nitrogens with zero attached hydrogens (tertiary/aromatic N) is 1. The van der Waals surface area contributed by atoms with Gasteiger partial charge in [0.15, 0.2) is 0 Å². The molecule has 0 bridgehead atoms. The largest absolute Gasteiger partial charge is 0.457 e. The van der Waals surface area contributed by atoms with Crippen molar-refractivity contribution in [1.29, 1.82) is 0 Å². The number of aliphatic hydroxyl groups is 1. The van der Waals surface area contributed by atoms with E-state index in [-0.39, 0.29) is 12.1 Å². The molecule has 2 aromatic carbocycles. The van der Waals surface area contributed by atoms with E-state index in [1.54, 1.807) is 48.8 Å². The zero-order valence-electron chi connectivity index (χ0n) is 15.6. The van der Waals surface area contributed by atoms with Crippen LogP contribution < -0.4 is 15.4 Å². The number of pyridine rings is 1. The Morgan fingerprint density at radius 2 is 1.73 bits per heavy atom. The summed E-state index contributed by atoms with van der Waals surface area (Å²) >= 11 is 0. The average molecular weight is 417 g/mol. The van der Waals surface area contributed by atoms with E-state index in [0.717, 1.165) is 12.1 Å². The van der Waals surface area contributed by atoms with Gasteiger partial charge in [0, 0.05) is 30.7 Å². The summed E-state index contributed by atoms with van der Waals surface area (Å²) in [4.78, 5) is 16.0. The number of carbonyl (C=O) groups excluding carboxylic acids is 1. The molecule has 3 N–H and O–H groups in total. The number of hydrogen-bond acceptors (Lipinski definition) is 4. The van der Waals surface area contributed by atoms with Gasteiger partial charge < -0.3 is 20.5 Å². The molecule has 2 amide bonds. The molecule has 1 atom stereocenters. The highest BCUT2D eigenvalue weighted by Gasteiger charge is 2.30. The molecule has 0 aliphatic carbocycles. The fourth-order valence-corrected chi connectivity index (χ4v) is 2.56. The molecule has 6 nitrogen and oxygen atoms in total. The molecular formula is C21H18F3N3O3. The fraction of sp³-hybridized carbons (Fsp3) is 0.143. The molecular weight excluding hydrogens is 399 g/mol. The highest BCUT2D eigenvalue weighted by atomic mass is 19.4. The monoisotopic (exact) mass is 417 g/mol. The van der Waals surface area contributed by atoms with Crippen LogP contribution in [0.3, 0.4) is 0 Å². The molecule has 0 aliphatic heterocycles. The molecule has 3 aromatic rings. The van der Waals surface area contributed by atoms with Crippen molar-refractivity contribution in [1.82, 2.24) is 10.3 Å². The molecule has 0 fully saturated rings. The number of aromatic nitrogens is 1. The van der Waals surface area contributed by atoms with Gasteiger partial charge in [0.05, 0.1) is 11.7 Å². The SMILES string of the molecule is O=C(NCC(O)c1ccc(C(F)(F)F)cc1)Nc1cccc(Oc2ccncc2)c1. The normalized spacial score (nSPS) is 12.1. The second kappa shape index (κ2) is 9.27. The van der Waals surface area contributed by atoms with Crippen LogP contribution in [0.1, 0.15) is 17.2 Å². The van der Waals surface area contributed by atoms with Crippen molar-refractivity contribution in [3.63, 3.8) is 0 Å². The van der Waals surface area contributed by atoms with Crippen LogP contribution in [0.4, 0.5) is 23.7 Å². The first-order valence-electron chi connectivity index (χ1n) is 8.89. The number of hydrogen-bond donors (Lipinski definition) is 3. The lowest BCUT2D eigenvalue weighted by atomic mass is 10.1. The fourth-order valence-electron chi connectivity index (χ4n) is 2.56. The summed E-state index contributed by atoms with van der Waals surface area (Å²) in [5.74, 6) is 1.09. The molecule has 0 saturated heterocycles. The minimum absolute atomic E-state index is 0.176. The van der Waals surface area contributed by atoms with Gasteiger partial charge in [-0.3, -0.25) is 4.98 Å². The van der Waals surface area contributed by atoms with E-state index in [9.17, 15) is 23.1 Å². The Morgan fingerprint density at radius 1 is 1.03 bits per heavy atom. The molecule has 1 unspecified atom stereocenters. The van der Waals surface area contributed by atoms with E-state index in [1.807, 2.05) is 0 Å². The number of anilines is 1. The number of nitrogens with one attached hydrogen (secondary N) is 2. The van der Waals surface area contributed by atoms with Crippen molar-refractivity contribution in [3.05, 3.63) is 84.2 Å². The summed E-state index contributed by atoms with van der Waals surface area (Å²) in [6.45, 7) is -0.176. The zero-order valence-corrected chi connectivity index (χ0v) is 15.6. The molecule has 0 aliphatic rings. The number of aliphatic hydroxyl groups excluding tert-OH is 1. The van der Waals surface area contributed by atoms with Gasteiger partial charge in [-0.05, 0) is 42.0 Å². The molecule has 156 valence electrons. The summed E-state index contributed by atoms with van der Waals surface area (Å²) in [5.41, 5.74) is -0.0860. The van der Waals surface area contributed by atoms with Crippen LogP contribution in [0.2, 0.25) is 0 Å². The maximum Gasteiger partial charge on any atom is 0.416 e. The lowest BCUT2D eigenvalue weighted by Crippen LogP contribution is -2.32. The Bertz CT molecular complexity index is 980. The summed E-state index contributed by atoms with van der Waals surface area (Å²) in [6, 6.07) is 13.6. The predicted molar refractivity (Wildman–Crippen MR) is 104 cm³/mol. The lowest BCUT2D eigenvalue weighted by molar-refractivity contribution is -0.137. The Labute approximate surface area is 170 Å². The number of ether oxygens (including phenoxy) is 1. The smallest absolute Gasteiger partial charge is 0.416 e.